The van der Waals surface area contributed by atoms with Crippen LogP contribution in [0.3, 0.4) is 0 Å². The fraction of sp³-hybridized carbons (Fsp3) is 1.00. The zero-order valence-corrected chi connectivity index (χ0v) is 12.4. The molecule has 0 aromatic heterocycles. The molecule has 3 heteroatoms. The Balaban J connectivity index is 0. The quantitative estimate of drug-likeness (QED) is 0.413. The first kappa shape index (κ1) is 17.1. The summed E-state index contributed by atoms with van der Waals surface area (Å²) in [6.07, 6.45) is 6.10. The number of halogens is 2. The van der Waals surface area contributed by atoms with Crippen LogP contribution in [0, 0.1) is 0 Å². The molecule has 0 rings (SSSR count). The first-order valence-electron chi connectivity index (χ1n) is 5.43. The highest BCUT2D eigenvalue weighted by atomic mass is 79.9. The minimum Gasteiger partial charge on any atom is -0.296 e. The van der Waals surface area contributed by atoms with Crippen LogP contribution < -0.4 is 5.32 Å². The molecule has 0 saturated heterocycles. The summed E-state index contributed by atoms with van der Waals surface area (Å²) in [5.41, 5.74) is 0.314. The molecule has 0 bridgehead atoms. The summed E-state index contributed by atoms with van der Waals surface area (Å²) in [7, 11) is 0. The van der Waals surface area contributed by atoms with E-state index in [0.717, 1.165) is 6.42 Å². The van der Waals surface area contributed by atoms with Gasteiger partial charge in [-0.3, -0.25) is 5.32 Å². The van der Waals surface area contributed by atoms with Crippen molar-refractivity contribution in [3.05, 3.63) is 0 Å². The SMILES string of the molecule is Br.CCCCCC(C)(C)NC(Cl)CC. The van der Waals surface area contributed by atoms with E-state index in [-0.39, 0.29) is 28.0 Å². The van der Waals surface area contributed by atoms with E-state index in [1.54, 1.807) is 0 Å². The molecule has 1 atom stereocenters. The first-order valence-corrected chi connectivity index (χ1v) is 5.87. The molecule has 88 valence electrons. The van der Waals surface area contributed by atoms with Gasteiger partial charge in [0, 0.05) is 5.54 Å². The molecule has 0 amide bonds. The highest BCUT2D eigenvalue weighted by molar-refractivity contribution is 8.93. The molecule has 1 nitrogen and oxygen atoms in total. The van der Waals surface area contributed by atoms with Gasteiger partial charge in [-0.2, -0.15) is 0 Å². The lowest BCUT2D eigenvalue weighted by atomic mass is 9.96. The summed E-state index contributed by atoms with van der Waals surface area (Å²) in [5, 5.41) is 3.43. The molecule has 0 heterocycles. The lowest BCUT2D eigenvalue weighted by Gasteiger charge is -2.28. The standard InChI is InChI=1S/C11H24ClN.BrH/c1-5-7-8-9-11(3,4)13-10(12)6-2;/h10,13H,5-9H2,1-4H3;1H. The van der Waals surface area contributed by atoms with Gasteiger partial charge < -0.3 is 0 Å². The summed E-state index contributed by atoms with van der Waals surface area (Å²) < 4.78 is 0. The maximum atomic E-state index is 6.05. The molecule has 0 fully saturated rings. The second-order valence-corrected chi connectivity index (χ2v) is 4.89. The predicted octanol–water partition coefficient (Wildman–Crippen LogP) is 4.49. The molecule has 0 aliphatic carbocycles. The summed E-state index contributed by atoms with van der Waals surface area (Å²) >= 11 is 6.05. The molecular formula is C11H25BrClN. The van der Waals surface area contributed by atoms with Crippen molar-refractivity contribution in [3.63, 3.8) is 0 Å². The minimum absolute atomic E-state index is 0. The Bertz CT molecular complexity index is 128. The van der Waals surface area contributed by atoms with Gasteiger partial charge in [0.05, 0.1) is 5.50 Å². The van der Waals surface area contributed by atoms with Crippen LogP contribution in [0.25, 0.3) is 0 Å². The largest absolute Gasteiger partial charge is 0.296 e. The summed E-state index contributed by atoms with van der Waals surface area (Å²) in [6, 6.07) is 0. The zero-order valence-electron chi connectivity index (χ0n) is 9.90. The van der Waals surface area contributed by atoms with Crippen LogP contribution in [0.5, 0.6) is 0 Å². The van der Waals surface area contributed by atoms with E-state index in [1.807, 2.05) is 0 Å². The van der Waals surface area contributed by atoms with E-state index in [2.05, 4.69) is 33.0 Å². The van der Waals surface area contributed by atoms with Crippen molar-refractivity contribution in [2.75, 3.05) is 0 Å². The van der Waals surface area contributed by atoms with Gasteiger partial charge in [-0.05, 0) is 26.7 Å². The normalized spacial score (nSPS) is 13.5. The molecule has 0 radical (unpaired) electrons. The van der Waals surface area contributed by atoms with Gasteiger partial charge in [0.15, 0.2) is 0 Å². The average molecular weight is 287 g/mol. The number of hydrogen-bond donors (Lipinski definition) is 1. The van der Waals surface area contributed by atoms with Crippen molar-refractivity contribution >= 4 is 28.6 Å². The van der Waals surface area contributed by atoms with Crippen LogP contribution in [-0.4, -0.2) is 11.0 Å². The summed E-state index contributed by atoms with van der Waals surface area (Å²) in [5.74, 6) is 0. The lowest BCUT2D eigenvalue weighted by molar-refractivity contribution is 0.336. The third kappa shape index (κ3) is 9.29. The highest BCUT2D eigenvalue weighted by Crippen LogP contribution is 2.16. The van der Waals surface area contributed by atoms with E-state index >= 15 is 0 Å². The Labute approximate surface area is 105 Å². The first-order chi connectivity index (χ1) is 6.02. The number of nitrogens with one attached hydrogen (secondary N) is 1. The van der Waals surface area contributed by atoms with Gasteiger partial charge in [0.25, 0.3) is 0 Å². The number of hydrogen-bond acceptors (Lipinski definition) is 1. The van der Waals surface area contributed by atoms with Crippen molar-refractivity contribution in [1.29, 1.82) is 0 Å². The van der Waals surface area contributed by atoms with Gasteiger partial charge >= 0.3 is 0 Å². The molecule has 0 spiro atoms. The Morgan fingerprint density at radius 2 is 1.79 bits per heavy atom. The second kappa shape index (κ2) is 8.99. The Morgan fingerprint density at radius 1 is 1.21 bits per heavy atom. The van der Waals surface area contributed by atoms with Crippen LogP contribution in [0.15, 0.2) is 0 Å². The van der Waals surface area contributed by atoms with Crippen LogP contribution in [0.4, 0.5) is 0 Å². The predicted molar refractivity (Wildman–Crippen MR) is 71.6 cm³/mol. The molecule has 0 aliphatic rings. The average Bonchev–Trinajstić information content (AvgIpc) is 2.03. The number of unbranched alkanes of at least 4 members (excludes halogenated alkanes) is 2. The fourth-order valence-corrected chi connectivity index (χ4v) is 1.71. The van der Waals surface area contributed by atoms with Gasteiger partial charge in [-0.15, -0.1) is 28.6 Å². The van der Waals surface area contributed by atoms with E-state index in [9.17, 15) is 0 Å². The van der Waals surface area contributed by atoms with Gasteiger partial charge in [-0.25, -0.2) is 0 Å². The van der Waals surface area contributed by atoms with Gasteiger partial charge in [-0.1, -0.05) is 33.1 Å². The van der Waals surface area contributed by atoms with E-state index < -0.39 is 0 Å². The van der Waals surface area contributed by atoms with Crippen LogP contribution in [0.2, 0.25) is 0 Å². The molecule has 1 N–H and O–H groups in total. The van der Waals surface area contributed by atoms with Gasteiger partial charge in [0.2, 0.25) is 0 Å². The van der Waals surface area contributed by atoms with E-state index in [4.69, 9.17) is 11.6 Å². The highest BCUT2D eigenvalue weighted by Gasteiger charge is 2.18. The third-order valence-electron chi connectivity index (χ3n) is 2.31. The smallest absolute Gasteiger partial charge is 0.0826 e. The summed E-state index contributed by atoms with van der Waals surface area (Å²) in [6.45, 7) is 8.80. The second-order valence-electron chi connectivity index (χ2n) is 4.36. The Kier molecular flexibility index (Phi) is 11.0. The molecule has 0 saturated carbocycles. The van der Waals surface area contributed by atoms with Crippen molar-refractivity contribution in [2.45, 2.75) is 70.8 Å². The zero-order chi connectivity index (χ0) is 10.3. The Morgan fingerprint density at radius 3 is 2.21 bits per heavy atom. The van der Waals surface area contributed by atoms with Gasteiger partial charge in [0.1, 0.15) is 0 Å². The molecule has 14 heavy (non-hydrogen) atoms. The summed E-state index contributed by atoms with van der Waals surface area (Å²) in [4.78, 5) is 0. The molecule has 0 aromatic rings. The third-order valence-corrected chi connectivity index (χ3v) is 2.73. The van der Waals surface area contributed by atoms with Crippen LogP contribution in [0.1, 0.15) is 59.8 Å². The van der Waals surface area contributed by atoms with E-state index in [1.165, 1.54) is 25.7 Å². The lowest BCUT2D eigenvalue weighted by Crippen LogP contribution is -2.43. The van der Waals surface area contributed by atoms with Crippen molar-refractivity contribution in [3.8, 4) is 0 Å². The minimum atomic E-state index is 0. The maximum Gasteiger partial charge on any atom is 0.0826 e. The van der Waals surface area contributed by atoms with Crippen molar-refractivity contribution < 1.29 is 0 Å². The van der Waals surface area contributed by atoms with E-state index in [0.29, 0.717) is 0 Å². The monoisotopic (exact) mass is 285 g/mol. The van der Waals surface area contributed by atoms with Crippen LogP contribution in [-0.2, 0) is 0 Å². The number of rotatable bonds is 7. The van der Waals surface area contributed by atoms with Crippen molar-refractivity contribution in [2.24, 2.45) is 0 Å². The molecular weight excluding hydrogens is 261 g/mol. The molecule has 0 aromatic carbocycles. The molecule has 0 aliphatic heterocycles. The Hall–Kier alpha value is 0.730. The maximum absolute atomic E-state index is 6.05. The number of alkyl halides is 1. The topological polar surface area (TPSA) is 12.0 Å². The van der Waals surface area contributed by atoms with Crippen molar-refractivity contribution in [1.82, 2.24) is 5.32 Å². The molecule has 1 unspecified atom stereocenters. The fourth-order valence-electron chi connectivity index (χ4n) is 1.42. The van der Waals surface area contributed by atoms with Crippen LogP contribution >= 0.6 is 28.6 Å².